The lowest BCUT2D eigenvalue weighted by atomic mass is 9.46. The molecule has 0 amide bonds. The molecule has 8 nitrogen and oxygen atoms in total. The molecular weight excluding hydrogens is 579 g/mol. The van der Waals surface area contributed by atoms with Crippen LogP contribution in [0.3, 0.4) is 0 Å². The van der Waals surface area contributed by atoms with Gasteiger partial charge in [0.25, 0.3) is 0 Å². The Labute approximate surface area is 260 Å². The number of aliphatic hydroxyl groups is 2. The Morgan fingerprint density at radius 2 is 1.82 bits per heavy atom. The van der Waals surface area contributed by atoms with Crippen molar-refractivity contribution in [3.05, 3.63) is 94.3 Å². The number of aliphatic hydroxyl groups excluding tert-OH is 2. The number of fused-ring (bicyclic) bond motifs is 7. The Bertz CT molecular complexity index is 1650. The second-order valence-corrected chi connectivity index (χ2v) is 13.9. The van der Waals surface area contributed by atoms with Gasteiger partial charge in [0.2, 0.25) is 0 Å². The Hall–Kier alpha value is -3.50. The summed E-state index contributed by atoms with van der Waals surface area (Å²) in [7, 11) is 0. The number of ether oxygens (including phenoxy) is 2. The molecule has 1 heterocycles. The molecular formula is C36H37FO8. The average molecular weight is 617 g/mol. The van der Waals surface area contributed by atoms with Crippen LogP contribution in [0.25, 0.3) is 0 Å². The summed E-state index contributed by atoms with van der Waals surface area (Å²) in [6, 6.07) is 11.1. The lowest BCUT2D eigenvalue weighted by Gasteiger charge is -2.59. The Balaban J connectivity index is 1.17. The van der Waals surface area contributed by atoms with E-state index in [1.807, 2.05) is 13.0 Å². The van der Waals surface area contributed by atoms with Gasteiger partial charge in [-0.2, -0.15) is 0 Å². The van der Waals surface area contributed by atoms with Gasteiger partial charge in [0, 0.05) is 22.3 Å². The number of allylic oxidation sites excluding steroid dienone is 4. The maximum Gasteiger partial charge on any atom is 0.335 e. The predicted molar refractivity (Wildman–Crippen MR) is 160 cm³/mol. The first kappa shape index (κ1) is 30.2. The highest BCUT2D eigenvalue weighted by molar-refractivity contribution is 6.01. The molecule has 0 bridgehead atoms. The van der Waals surface area contributed by atoms with Gasteiger partial charge in [-0.25, -0.2) is 9.18 Å². The summed E-state index contributed by atoms with van der Waals surface area (Å²) in [6.07, 6.45) is 5.06. The molecule has 2 aromatic carbocycles. The normalized spacial score (nSPS) is 38.2. The third-order valence-corrected chi connectivity index (χ3v) is 11.7. The van der Waals surface area contributed by atoms with Crippen molar-refractivity contribution in [3.63, 3.8) is 0 Å². The summed E-state index contributed by atoms with van der Waals surface area (Å²) >= 11 is 0. The van der Waals surface area contributed by atoms with Gasteiger partial charge >= 0.3 is 5.97 Å². The quantitative estimate of drug-likeness (QED) is 0.425. The molecule has 9 heteroatoms. The fourth-order valence-electron chi connectivity index (χ4n) is 9.70. The van der Waals surface area contributed by atoms with E-state index in [4.69, 9.17) is 14.6 Å². The summed E-state index contributed by atoms with van der Waals surface area (Å²) in [5, 5.41) is 31.1. The van der Waals surface area contributed by atoms with E-state index in [-0.39, 0.29) is 41.1 Å². The molecule has 4 aliphatic carbocycles. The highest BCUT2D eigenvalue weighted by Gasteiger charge is 2.76. The van der Waals surface area contributed by atoms with E-state index in [1.54, 1.807) is 36.4 Å². The molecule has 1 aliphatic heterocycles. The van der Waals surface area contributed by atoms with Crippen LogP contribution in [0, 0.1) is 34.4 Å². The van der Waals surface area contributed by atoms with Crippen LogP contribution in [0.4, 0.5) is 4.39 Å². The number of Topliss-reactive ketones (excluding diaryl/α,β-unsaturated/α-hetero) is 1. The van der Waals surface area contributed by atoms with Crippen molar-refractivity contribution in [2.45, 2.75) is 70.1 Å². The molecule has 1 saturated heterocycles. The number of rotatable bonds is 6. The lowest BCUT2D eigenvalue weighted by molar-refractivity contribution is -0.201. The van der Waals surface area contributed by atoms with Crippen LogP contribution in [0.5, 0.6) is 0 Å². The van der Waals surface area contributed by atoms with Gasteiger partial charge < -0.3 is 24.8 Å². The van der Waals surface area contributed by atoms with Crippen LogP contribution < -0.4 is 0 Å². The Morgan fingerprint density at radius 1 is 1.09 bits per heavy atom. The molecule has 4 fully saturated rings. The minimum absolute atomic E-state index is 0.0268. The Morgan fingerprint density at radius 3 is 2.51 bits per heavy atom. The van der Waals surface area contributed by atoms with Gasteiger partial charge in [-0.15, -0.1) is 0 Å². The SMILES string of the molecule is C[C@]12C=CC(=O)C=C1CC[C@@H]1[C@@H]2[C@@H](O)C[C@@]2(C)[C@H]1C[C@H]1O[C@@H](c3ccc(Cc4ccc(C(=O)O)cc4)cc3F)O[C@]12C(=O)CO. The average Bonchev–Trinajstić information content (AvgIpc) is 3.50. The molecule has 0 unspecified atom stereocenters. The van der Waals surface area contributed by atoms with Crippen LogP contribution >= 0.6 is 0 Å². The van der Waals surface area contributed by atoms with E-state index in [2.05, 4.69) is 6.92 Å². The zero-order valence-electron chi connectivity index (χ0n) is 25.2. The minimum Gasteiger partial charge on any atom is -0.478 e. The van der Waals surface area contributed by atoms with Gasteiger partial charge in [-0.05, 0) is 85.4 Å². The van der Waals surface area contributed by atoms with Crippen molar-refractivity contribution in [1.82, 2.24) is 0 Å². The predicted octanol–water partition coefficient (Wildman–Crippen LogP) is 4.72. The zero-order chi connectivity index (χ0) is 31.9. The van der Waals surface area contributed by atoms with Crippen LogP contribution in [0.2, 0.25) is 0 Å². The molecule has 0 radical (unpaired) electrons. The molecule has 5 aliphatic rings. The zero-order valence-corrected chi connectivity index (χ0v) is 25.2. The second-order valence-electron chi connectivity index (χ2n) is 13.9. The van der Waals surface area contributed by atoms with E-state index in [1.165, 1.54) is 18.2 Å². The van der Waals surface area contributed by atoms with E-state index in [9.17, 15) is 24.6 Å². The Kier molecular flexibility index (Phi) is 7.05. The third kappa shape index (κ3) is 4.35. The topological polar surface area (TPSA) is 130 Å². The molecule has 9 atom stereocenters. The smallest absolute Gasteiger partial charge is 0.335 e. The van der Waals surface area contributed by atoms with Gasteiger partial charge in [0.15, 0.2) is 23.5 Å². The second kappa shape index (κ2) is 10.5. The molecule has 3 saturated carbocycles. The third-order valence-electron chi connectivity index (χ3n) is 11.7. The van der Waals surface area contributed by atoms with Gasteiger partial charge in [0.1, 0.15) is 12.4 Å². The van der Waals surface area contributed by atoms with Crippen molar-refractivity contribution in [2.75, 3.05) is 6.61 Å². The number of benzene rings is 2. The number of carbonyl (C=O) groups is 3. The van der Waals surface area contributed by atoms with Gasteiger partial charge in [-0.3, -0.25) is 9.59 Å². The van der Waals surface area contributed by atoms with E-state index < -0.39 is 59.1 Å². The van der Waals surface area contributed by atoms with Crippen LogP contribution in [0.1, 0.15) is 72.9 Å². The van der Waals surface area contributed by atoms with Crippen molar-refractivity contribution < 1.29 is 43.6 Å². The number of hydrogen-bond acceptors (Lipinski definition) is 7. The molecule has 0 spiro atoms. The van der Waals surface area contributed by atoms with E-state index in [0.29, 0.717) is 24.8 Å². The number of carbonyl (C=O) groups excluding carboxylic acids is 2. The fourth-order valence-corrected chi connectivity index (χ4v) is 9.70. The van der Waals surface area contributed by atoms with E-state index in [0.717, 1.165) is 17.6 Å². The largest absolute Gasteiger partial charge is 0.478 e. The monoisotopic (exact) mass is 616 g/mol. The number of carboxylic acid groups (broad SMARTS) is 1. The molecule has 7 rings (SSSR count). The van der Waals surface area contributed by atoms with Crippen molar-refractivity contribution in [3.8, 4) is 0 Å². The summed E-state index contributed by atoms with van der Waals surface area (Å²) < 4.78 is 28.6. The van der Waals surface area contributed by atoms with Crippen LogP contribution in [0.15, 0.2) is 66.3 Å². The molecule has 3 N–H and O–H groups in total. The molecule has 2 aromatic rings. The number of carboxylic acids is 1. The van der Waals surface area contributed by atoms with Gasteiger partial charge in [-0.1, -0.05) is 49.8 Å². The highest BCUT2D eigenvalue weighted by atomic mass is 19.1. The van der Waals surface area contributed by atoms with Crippen LogP contribution in [-0.2, 0) is 25.5 Å². The van der Waals surface area contributed by atoms with Crippen molar-refractivity contribution in [1.29, 1.82) is 0 Å². The fraction of sp³-hybridized carbons (Fsp3) is 0.472. The number of hydrogen-bond donors (Lipinski definition) is 3. The standard InChI is InChI=1S/C36H37FO8/c1-34-12-11-23(39)15-22(34)8-10-24-26-16-30-36(29(41)18-38,35(26,2)17-28(40)31(24)34)45-33(44-30)25-9-5-20(14-27(25)37)13-19-3-6-21(7-4-19)32(42)43/h3-7,9,11-12,14-15,24,26,28,30-31,33,38,40H,8,10,13,16-18H2,1-2H3,(H,42,43)/t24-,26-,28-,30+,31+,33+,34-,35-,36+/m0/s1. The number of aromatic carboxylic acids is 1. The minimum atomic E-state index is -1.56. The highest BCUT2D eigenvalue weighted by Crippen LogP contribution is 2.70. The first-order chi connectivity index (χ1) is 21.4. The van der Waals surface area contributed by atoms with E-state index >= 15 is 4.39 Å². The molecule has 0 aromatic heterocycles. The molecule has 45 heavy (non-hydrogen) atoms. The van der Waals surface area contributed by atoms with Crippen LogP contribution in [-0.4, -0.2) is 57.3 Å². The molecule has 236 valence electrons. The van der Waals surface area contributed by atoms with Gasteiger partial charge in [0.05, 0.1) is 17.8 Å². The maximum absolute atomic E-state index is 15.7. The number of ketones is 2. The maximum atomic E-state index is 15.7. The first-order valence-electron chi connectivity index (χ1n) is 15.6. The first-order valence-corrected chi connectivity index (χ1v) is 15.6. The summed E-state index contributed by atoms with van der Waals surface area (Å²) in [6.45, 7) is 3.26. The summed E-state index contributed by atoms with van der Waals surface area (Å²) in [5.74, 6) is -2.33. The number of halogens is 1. The summed E-state index contributed by atoms with van der Waals surface area (Å²) in [4.78, 5) is 37.0. The van der Waals surface area contributed by atoms with Crippen molar-refractivity contribution in [2.24, 2.45) is 28.6 Å². The summed E-state index contributed by atoms with van der Waals surface area (Å²) in [5.41, 5.74) is -0.0716. The van der Waals surface area contributed by atoms with Crippen molar-refractivity contribution >= 4 is 17.5 Å². The lowest BCUT2D eigenvalue weighted by Crippen LogP contribution is -2.63.